The molecule has 1 amide bonds. The fraction of sp³-hybridized carbons (Fsp3) is 0.455. The Balaban J connectivity index is 2.42. The predicted molar refractivity (Wildman–Crippen MR) is 69.9 cm³/mol. The van der Waals surface area contributed by atoms with Gasteiger partial charge in [-0.3, -0.25) is 4.79 Å². The first-order valence-electron chi connectivity index (χ1n) is 5.68. The lowest BCUT2D eigenvalue weighted by molar-refractivity contribution is -0.140. The van der Waals surface area contributed by atoms with Crippen LogP contribution in [-0.2, 0) is 20.9 Å². The van der Waals surface area contributed by atoms with Crippen LogP contribution in [0.5, 0.6) is 0 Å². The molecule has 1 atom stereocenters. The molecule has 0 bridgehead atoms. The molecule has 0 saturated carbocycles. The Bertz CT molecular complexity index is 589. The summed E-state index contributed by atoms with van der Waals surface area (Å²) in [5.41, 5.74) is 0. The van der Waals surface area contributed by atoms with Gasteiger partial charge >= 0.3 is 17.1 Å². The number of amides is 1. The van der Waals surface area contributed by atoms with Crippen molar-refractivity contribution in [1.82, 2.24) is 5.32 Å². The molecule has 9 nitrogen and oxygen atoms in total. The third-order valence-electron chi connectivity index (χ3n) is 2.20. The number of aliphatic carboxylic acids is 1. The fourth-order valence-corrected chi connectivity index (χ4v) is 1.91. The topological polar surface area (TPSA) is 136 Å². The van der Waals surface area contributed by atoms with Gasteiger partial charge in [0.05, 0.1) is 0 Å². The highest BCUT2D eigenvalue weighted by Crippen LogP contribution is 2.12. The van der Waals surface area contributed by atoms with Crippen LogP contribution in [0.1, 0.15) is 18.4 Å². The van der Waals surface area contributed by atoms with E-state index < -0.39 is 29.0 Å². The van der Waals surface area contributed by atoms with Crippen molar-refractivity contribution in [2.24, 2.45) is 0 Å². The van der Waals surface area contributed by atoms with Crippen LogP contribution in [0.2, 0.25) is 0 Å². The molecule has 1 aromatic rings. The number of carbonyl (C=O) groups excluding carboxylic acids is 2. The molecule has 1 aromatic heterocycles. The molecule has 0 aliphatic heterocycles. The van der Waals surface area contributed by atoms with Gasteiger partial charge in [-0.1, -0.05) is 0 Å². The number of hydrogen-bond donors (Lipinski definition) is 2. The van der Waals surface area contributed by atoms with Gasteiger partial charge in [-0.05, 0) is 18.7 Å². The Labute approximate surface area is 122 Å². The predicted octanol–water partition coefficient (Wildman–Crippen LogP) is 0.500. The third kappa shape index (κ3) is 5.73. The lowest BCUT2D eigenvalue weighted by Crippen LogP contribution is -2.41. The molecule has 116 valence electrons. The first kappa shape index (κ1) is 16.8. The van der Waals surface area contributed by atoms with E-state index in [-0.39, 0.29) is 23.9 Å². The molecule has 1 heterocycles. The molecule has 0 radical (unpaired) electrons. The summed E-state index contributed by atoms with van der Waals surface area (Å²) in [6.07, 6.45) is 0. The minimum absolute atomic E-state index is 0.0746. The van der Waals surface area contributed by atoms with E-state index in [1.54, 1.807) is 0 Å². The first-order chi connectivity index (χ1) is 9.79. The van der Waals surface area contributed by atoms with E-state index in [4.69, 9.17) is 9.84 Å². The zero-order valence-corrected chi connectivity index (χ0v) is 12.0. The Hall–Kier alpha value is -2.23. The van der Waals surface area contributed by atoms with E-state index in [0.717, 1.165) is 0 Å². The fourth-order valence-electron chi connectivity index (χ4n) is 1.24. The van der Waals surface area contributed by atoms with Crippen LogP contribution in [0.3, 0.4) is 0 Å². The summed E-state index contributed by atoms with van der Waals surface area (Å²) in [5, 5.41) is 10.3. The van der Waals surface area contributed by atoms with Crippen LogP contribution in [-0.4, -0.2) is 34.1 Å². The van der Waals surface area contributed by atoms with Crippen LogP contribution in [0, 0.1) is 6.92 Å². The van der Waals surface area contributed by atoms with E-state index in [0.29, 0.717) is 11.8 Å². The summed E-state index contributed by atoms with van der Waals surface area (Å²) in [6, 6.07) is -1.20. The number of hydrogen-bond acceptors (Lipinski definition) is 8. The van der Waals surface area contributed by atoms with Crippen molar-refractivity contribution in [2.45, 2.75) is 26.5 Å². The minimum Gasteiger partial charge on any atom is -0.480 e. The van der Waals surface area contributed by atoms with Crippen LogP contribution >= 0.6 is 11.8 Å². The molecule has 0 aromatic carbocycles. The molecule has 2 N–H and O–H groups in total. The number of carbonyl (C=O) groups is 3. The van der Waals surface area contributed by atoms with Gasteiger partial charge in [0.1, 0.15) is 6.04 Å². The molecule has 0 saturated heterocycles. The van der Waals surface area contributed by atoms with E-state index in [1.807, 2.05) is 0 Å². The molecule has 0 fully saturated rings. The monoisotopic (exact) mass is 319 g/mol. The molecule has 10 heteroatoms. The van der Waals surface area contributed by atoms with Crippen LogP contribution in [0.15, 0.2) is 13.6 Å². The van der Waals surface area contributed by atoms with Crippen molar-refractivity contribution in [1.29, 1.82) is 0 Å². The van der Waals surface area contributed by atoms with E-state index >= 15 is 0 Å². The van der Waals surface area contributed by atoms with Crippen molar-refractivity contribution in [3.05, 3.63) is 22.1 Å². The SMILES string of the molecule is CC(=O)NC(CSC(=O)OCc1oc(=O)oc1C)C(=O)O. The standard InChI is InChI=1S/C11H13NO8S/c1-5-8(20-10(16)19-5)3-18-11(17)21-4-7(9(14)15)12-6(2)13/h7H,3-4H2,1-2H3,(H,12,13)(H,14,15). The summed E-state index contributed by atoms with van der Waals surface area (Å²) < 4.78 is 14.0. The molecule has 1 unspecified atom stereocenters. The summed E-state index contributed by atoms with van der Waals surface area (Å²) >= 11 is 0.580. The second-order valence-corrected chi connectivity index (χ2v) is 4.83. The molecule has 0 spiro atoms. The van der Waals surface area contributed by atoms with Crippen molar-refractivity contribution in [2.75, 3.05) is 5.75 Å². The largest absolute Gasteiger partial charge is 0.519 e. The molecular weight excluding hydrogens is 306 g/mol. The van der Waals surface area contributed by atoms with Gasteiger partial charge in [0, 0.05) is 12.7 Å². The lowest BCUT2D eigenvalue weighted by atomic mass is 10.3. The third-order valence-corrected chi connectivity index (χ3v) is 3.05. The summed E-state index contributed by atoms with van der Waals surface area (Å²) in [7, 11) is 0. The van der Waals surface area contributed by atoms with E-state index in [2.05, 4.69) is 14.2 Å². The quantitative estimate of drug-likeness (QED) is 0.718. The molecule has 0 aliphatic rings. The van der Waals surface area contributed by atoms with Gasteiger partial charge in [0.15, 0.2) is 18.1 Å². The lowest BCUT2D eigenvalue weighted by Gasteiger charge is -2.11. The van der Waals surface area contributed by atoms with Gasteiger partial charge in [0.2, 0.25) is 5.91 Å². The summed E-state index contributed by atoms with van der Waals surface area (Å²) in [6.45, 7) is 2.34. The Morgan fingerprint density at radius 1 is 1.38 bits per heavy atom. The molecule has 21 heavy (non-hydrogen) atoms. The number of aryl methyl sites for hydroxylation is 1. The second kappa shape index (κ2) is 7.53. The molecular formula is C11H13NO8S. The first-order valence-corrected chi connectivity index (χ1v) is 6.67. The number of carboxylic acids is 1. The van der Waals surface area contributed by atoms with Gasteiger partial charge in [-0.25, -0.2) is 14.4 Å². The van der Waals surface area contributed by atoms with Crippen LogP contribution in [0.4, 0.5) is 4.79 Å². The van der Waals surface area contributed by atoms with Crippen molar-refractivity contribution in [3.8, 4) is 0 Å². The average molecular weight is 319 g/mol. The van der Waals surface area contributed by atoms with Crippen LogP contribution in [0.25, 0.3) is 0 Å². The summed E-state index contributed by atoms with van der Waals surface area (Å²) in [4.78, 5) is 43.8. The molecule has 0 aliphatic carbocycles. The van der Waals surface area contributed by atoms with Gasteiger partial charge in [-0.15, -0.1) is 0 Å². The highest BCUT2D eigenvalue weighted by molar-refractivity contribution is 8.13. The maximum absolute atomic E-state index is 11.4. The Kier molecular flexibility index (Phi) is 6.03. The van der Waals surface area contributed by atoms with Crippen molar-refractivity contribution < 1.29 is 33.1 Å². The highest BCUT2D eigenvalue weighted by Gasteiger charge is 2.21. The van der Waals surface area contributed by atoms with Crippen LogP contribution < -0.4 is 11.1 Å². The number of ether oxygens (including phenoxy) is 1. The highest BCUT2D eigenvalue weighted by atomic mass is 32.2. The average Bonchev–Trinajstić information content (AvgIpc) is 2.69. The normalized spacial score (nSPS) is 11.7. The number of thioether (sulfide) groups is 1. The number of rotatable bonds is 6. The van der Waals surface area contributed by atoms with Crippen molar-refractivity contribution in [3.63, 3.8) is 0 Å². The number of nitrogens with one attached hydrogen (secondary N) is 1. The number of carboxylic acid groups (broad SMARTS) is 1. The zero-order chi connectivity index (χ0) is 16.0. The Morgan fingerprint density at radius 3 is 2.52 bits per heavy atom. The maximum atomic E-state index is 11.4. The second-order valence-electron chi connectivity index (χ2n) is 3.87. The smallest absolute Gasteiger partial charge is 0.480 e. The van der Waals surface area contributed by atoms with Gasteiger partial charge in [0.25, 0.3) is 0 Å². The maximum Gasteiger partial charge on any atom is 0.519 e. The van der Waals surface area contributed by atoms with E-state index in [9.17, 15) is 19.2 Å². The van der Waals surface area contributed by atoms with Crippen molar-refractivity contribution >= 4 is 28.9 Å². The minimum atomic E-state index is -1.26. The Morgan fingerprint density at radius 2 is 2.05 bits per heavy atom. The zero-order valence-electron chi connectivity index (χ0n) is 11.2. The summed E-state index contributed by atoms with van der Waals surface area (Å²) in [5.74, 6) is -2.61. The van der Waals surface area contributed by atoms with Gasteiger partial charge in [-0.2, -0.15) is 0 Å². The van der Waals surface area contributed by atoms with E-state index in [1.165, 1.54) is 13.8 Å². The van der Waals surface area contributed by atoms with Gasteiger partial charge < -0.3 is 24.0 Å². The molecule has 1 rings (SSSR count).